The van der Waals surface area contributed by atoms with Crippen LogP contribution in [-0.4, -0.2) is 45.7 Å². The van der Waals surface area contributed by atoms with Gasteiger partial charge in [0.25, 0.3) is 0 Å². The molecule has 43 heavy (non-hydrogen) atoms. The van der Waals surface area contributed by atoms with Crippen molar-refractivity contribution >= 4 is 6.09 Å². The maximum atomic E-state index is 12.4. The van der Waals surface area contributed by atoms with Gasteiger partial charge in [0.05, 0.1) is 13.2 Å². The van der Waals surface area contributed by atoms with Gasteiger partial charge < -0.3 is 19.5 Å². The molecule has 0 aromatic carbocycles. The standard InChI is InChI=1S/C37H75NO4.CH4/c1-4-6-8-10-12-14-16-18-20-22-24-26-28-31-36(42-37(39)38-32-29-33-41-35-34-40-3)30-27-25-23-21-19-17-15-13-11-9-7-5-2;/h36H,4-35H2,1-3H3,(H,38,39);1H4. The third-order valence-electron chi connectivity index (χ3n) is 8.45. The fraction of sp³-hybridized carbons (Fsp3) is 0.974. The first-order valence-electron chi connectivity index (χ1n) is 18.8. The third-order valence-corrected chi connectivity index (χ3v) is 8.45. The molecule has 260 valence electrons. The number of hydrogen-bond donors (Lipinski definition) is 1. The van der Waals surface area contributed by atoms with Gasteiger partial charge in [-0.05, 0) is 32.1 Å². The van der Waals surface area contributed by atoms with Crippen LogP contribution in [0, 0.1) is 0 Å². The molecule has 5 heteroatoms. The molecule has 1 atom stereocenters. The molecule has 0 aliphatic rings. The Labute approximate surface area is 270 Å². The summed E-state index contributed by atoms with van der Waals surface area (Å²) >= 11 is 0. The third kappa shape index (κ3) is 37.3. The number of ether oxygens (including phenoxy) is 3. The van der Waals surface area contributed by atoms with Crippen LogP contribution in [0.3, 0.4) is 0 Å². The number of amides is 1. The van der Waals surface area contributed by atoms with E-state index in [1.807, 2.05) is 0 Å². The fourth-order valence-corrected chi connectivity index (χ4v) is 5.67. The molecule has 0 spiro atoms. The molecule has 0 fully saturated rings. The normalized spacial score (nSPS) is 11.8. The maximum absolute atomic E-state index is 12.4. The van der Waals surface area contributed by atoms with Gasteiger partial charge >= 0.3 is 6.09 Å². The first-order valence-corrected chi connectivity index (χ1v) is 18.8. The van der Waals surface area contributed by atoms with Gasteiger partial charge in [0, 0.05) is 20.3 Å². The first-order chi connectivity index (χ1) is 20.7. The predicted octanol–water partition coefficient (Wildman–Crippen LogP) is 12.3. The highest BCUT2D eigenvalue weighted by molar-refractivity contribution is 5.67. The highest BCUT2D eigenvalue weighted by Crippen LogP contribution is 2.18. The Balaban J connectivity index is 0. The highest BCUT2D eigenvalue weighted by atomic mass is 16.6. The van der Waals surface area contributed by atoms with E-state index in [9.17, 15) is 4.79 Å². The van der Waals surface area contributed by atoms with Crippen LogP contribution in [0.1, 0.15) is 201 Å². The minimum atomic E-state index is -0.259. The van der Waals surface area contributed by atoms with Crippen molar-refractivity contribution in [1.82, 2.24) is 5.32 Å². The van der Waals surface area contributed by atoms with Gasteiger partial charge in [-0.15, -0.1) is 0 Å². The van der Waals surface area contributed by atoms with Crippen LogP contribution in [-0.2, 0) is 14.2 Å². The SMILES string of the molecule is C.CCCCCCCCCCCCCCCC(CCCCCCCCCCCCCC)OC(=O)NCCCOCCOC. The van der Waals surface area contributed by atoms with E-state index in [2.05, 4.69) is 19.2 Å². The van der Waals surface area contributed by atoms with Crippen molar-refractivity contribution in [3.63, 3.8) is 0 Å². The van der Waals surface area contributed by atoms with Crippen LogP contribution in [0.25, 0.3) is 0 Å². The molecule has 0 radical (unpaired) electrons. The molecule has 0 bridgehead atoms. The second-order valence-corrected chi connectivity index (χ2v) is 12.6. The van der Waals surface area contributed by atoms with Crippen LogP contribution in [0.15, 0.2) is 0 Å². The van der Waals surface area contributed by atoms with Gasteiger partial charge in [-0.1, -0.05) is 169 Å². The number of nitrogens with one attached hydrogen (secondary N) is 1. The molecule has 1 unspecified atom stereocenters. The topological polar surface area (TPSA) is 56.8 Å². The van der Waals surface area contributed by atoms with Crippen molar-refractivity contribution in [3.8, 4) is 0 Å². The maximum Gasteiger partial charge on any atom is 0.407 e. The number of carbonyl (C=O) groups is 1. The van der Waals surface area contributed by atoms with Gasteiger partial charge in [-0.3, -0.25) is 0 Å². The molecule has 0 aromatic heterocycles. The van der Waals surface area contributed by atoms with Gasteiger partial charge in [0.1, 0.15) is 6.10 Å². The molecule has 0 heterocycles. The molecular formula is C38H79NO4. The zero-order valence-corrected chi connectivity index (χ0v) is 28.8. The summed E-state index contributed by atoms with van der Waals surface area (Å²) < 4.78 is 16.4. The molecule has 0 aliphatic carbocycles. The van der Waals surface area contributed by atoms with E-state index >= 15 is 0 Å². The number of hydrogen-bond acceptors (Lipinski definition) is 4. The number of methoxy groups -OCH3 is 1. The fourth-order valence-electron chi connectivity index (χ4n) is 5.67. The molecule has 0 rings (SSSR count). The summed E-state index contributed by atoms with van der Waals surface area (Å²) in [6.07, 6.45) is 36.6. The smallest absolute Gasteiger partial charge is 0.407 e. The number of rotatable bonds is 35. The lowest BCUT2D eigenvalue weighted by atomic mass is 10.0. The van der Waals surface area contributed by atoms with Crippen LogP contribution in [0.5, 0.6) is 0 Å². The van der Waals surface area contributed by atoms with E-state index in [0.29, 0.717) is 26.4 Å². The second kappa shape index (κ2) is 39.2. The van der Waals surface area contributed by atoms with Crippen molar-refractivity contribution in [1.29, 1.82) is 0 Å². The molecule has 0 aliphatic heterocycles. The number of carbonyl (C=O) groups excluding carboxylic acids is 1. The van der Waals surface area contributed by atoms with Gasteiger partial charge in [0.2, 0.25) is 0 Å². The number of unbranched alkanes of at least 4 members (excludes halogenated alkanes) is 23. The first kappa shape index (κ1) is 44.3. The summed E-state index contributed by atoms with van der Waals surface area (Å²) in [5.41, 5.74) is 0. The summed E-state index contributed by atoms with van der Waals surface area (Å²) in [5, 5.41) is 2.93. The zero-order valence-electron chi connectivity index (χ0n) is 28.8. The summed E-state index contributed by atoms with van der Waals surface area (Å²) in [7, 11) is 1.67. The van der Waals surface area contributed by atoms with Gasteiger partial charge in [-0.25, -0.2) is 4.79 Å². The molecule has 1 amide bonds. The van der Waals surface area contributed by atoms with E-state index < -0.39 is 0 Å². The van der Waals surface area contributed by atoms with E-state index in [-0.39, 0.29) is 19.6 Å². The van der Waals surface area contributed by atoms with E-state index in [4.69, 9.17) is 14.2 Å². The molecule has 1 N–H and O–H groups in total. The Morgan fingerprint density at radius 3 is 1.26 bits per heavy atom. The molecule has 0 saturated carbocycles. The quantitative estimate of drug-likeness (QED) is 0.0722. The monoisotopic (exact) mass is 614 g/mol. The molecule has 0 saturated heterocycles. The van der Waals surface area contributed by atoms with Crippen LogP contribution < -0.4 is 5.32 Å². The van der Waals surface area contributed by atoms with E-state index in [1.54, 1.807) is 7.11 Å². The average Bonchev–Trinajstić information content (AvgIpc) is 2.99. The van der Waals surface area contributed by atoms with Crippen molar-refractivity contribution in [3.05, 3.63) is 0 Å². The van der Waals surface area contributed by atoms with E-state index in [1.165, 1.54) is 161 Å². The second-order valence-electron chi connectivity index (χ2n) is 12.6. The summed E-state index contributed by atoms with van der Waals surface area (Å²) in [6, 6.07) is 0. The van der Waals surface area contributed by atoms with E-state index in [0.717, 1.165) is 19.3 Å². The highest BCUT2D eigenvalue weighted by Gasteiger charge is 2.14. The summed E-state index contributed by atoms with van der Waals surface area (Å²) in [6.45, 7) is 7.00. The van der Waals surface area contributed by atoms with Crippen LogP contribution in [0.2, 0.25) is 0 Å². The summed E-state index contributed by atoms with van der Waals surface area (Å²) in [4.78, 5) is 12.4. The average molecular weight is 614 g/mol. The lowest BCUT2D eigenvalue weighted by Gasteiger charge is -2.18. The Morgan fingerprint density at radius 2 is 0.884 bits per heavy atom. The van der Waals surface area contributed by atoms with Gasteiger partial charge in [0.15, 0.2) is 0 Å². The van der Waals surface area contributed by atoms with Crippen LogP contribution >= 0.6 is 0 Å². The molecule has 0 aromatic rings. The van der Waals surface area contributed by atoms with Crippen molar-refractivity contribution < 1.29 is 19.0 Å². The zero-order chi connectivity index (χ0) is 30.6. The Kier molecular flexibility index (Phi) is 40.4. The minimum absolute atomic E-state index is 0. The number of alkyl carbamates (subject to hydrolysis) is 1. The molecule has 5 nitrogen and oxygen atoms in total. The minimum Gasteiger partial charge on any atom is -0.446 e. The largest absolute Gasteiger partial charge is 0.446 e. The molecular weight excluding hydrogens is 534 g/mol. The van der Waals surface area contributed by atoms with Crippen molar-refractivity contribution in [2.24, 2.45) is 0 Å². The lowest BCUT2D eigenvalue weighted by molar-refractivity contribution is 0.0670. The van der Waals surface area contributed by atoms with Crippen molar-refractivity contribution in [2.45, 2.75) is 207 Å². The Hall–Kier alpha value is -0.810. The Morgan fingerprint density at radius 1 is 0.512 bits per heavy atom. The predicted molar refractivity (Wildman–Crippen MR) is 188 cm³/mol. The lowest BCUT2D eigenvalue weighted by Crippen LogP contribution is -2.30. The van der Waals surface area contributed by atoms with Gasteiger partial charge in [-0.2, -0.15) is 0 Å². The summed E-state index contributed by atoms with van der Waals surface area (Å²) in [5.74, 6) is 0. The van der Waals surface area contributed by atoms with Crippen LogP contribution in [0.4, 0.5) is 4.79 Å². The van der Waals surface area contributed by atoms with Crippen molar-refractivity contribution in [2.75, 3.05) is 33.5 Å². The Bertz CT molecular complexity index is 516.